The first-order chi connectivity index (χ1) is 14.6. The van der Waals surface area contributed by atoms with Crippen molar-refractivity contribution in [2.45, 2.75) is 58.4 Å². The second-order valence-corrected chi connectivity index (χ2v) is 7.56. The Morgan fingerprint density at radius 3 is 1.84 bits per heavy atom. The summed E-state index contributed by atoms with van der Waals surface area (Å²) >= 11 is 3.32. The number of hydrogen-bond acceptors (Lipinski definition) is 10. The standard InChI is InChI=1S/C20H23BrO10/c1-10(22)26-9-16-17(27-11(2)23)18(28-12(3)24)19(29-13(4)25)20(31-16)30-15-7-5-14(21)6-8-15/h5-8,16-20H,9H2,1-4H3/t16-,17+,18-,19+,20+/m0/s1. The highest BCUT2D eigenvalue weighted by molar-refractivity contribution is 9.10. The van der Waals surface area contributed by atoms with Crippen molar-refractivity contribution in [2.75, 3.05) is 6.61 Å². The average Bonchev–Trinajstić information content (AvgIpc) is 2.65. The summed E-state index contributed by atoms with van der Waals surface area (Å²) < 4.78 is 33.5. The molecule has 1 fully saturated rings. The molecule has 1 saturated heterocycles. The summed E-state index contributed by atoms with van der Waals surface area (Å²) in [7, 11) is 0. The highest BCUT2D eigenvalue weighted by Gasteiger charge is 2.53. The molecule has 0 radical (unpaired) electrons. The van der Waals surface area contributed by atoms with Crippen LogP contribution in [0.2, 0.25) is 0 Å². The molecule has 0 N–H and O–H groups in total. The summed E-state index contributed by atoms with van der Waals surface area (Å²) in [4.78, 5) is 46.5. The molecule has 1 aliphatic rings. The number of carbonyl (C=O) groups excluding carboxylic acids is 4. The van der Waals surface area contributed by atoms with Gasteiger partial charge in [0.15, 0.2) is 12.2 Å². The minimum atomic E-state index is -1.28. The van der Waals surface area contributed by atoms with Gasteiger partial charge in [0, 0.05) is 32.2 Å². The average molecular weight is 503 g/mol. The molecule has 0 bridgehead atoms. The zero-order valence-electron chi connectivity index (χ0n) is 17.4. The van der Waals surface area contributed by atoms with Crippen LogP contribution in [0.15, 0.2) is 28.7 Å². The molecule has 0 amide bonds. The predicted molar refractivity (Wildman–Crippen MR) is 107 cm³/mol. The van der Waals surface area contributed by atoms with E-state index < -0.39 is 54.6 Å². The van der Waals surface area contributed by atoms with Crippen LogP contribution in [-0.4, -0.2) is 61.2 Å². The van der Waals surface area contributed by atoms with Crippen molar-refractivity contribution in [1.29, 1.82) is 0 Å². The van der Waals surface area contributed by atoms with E-state index in [1.807, 2.05) is 0 Å². The number of halogens is 1. The van der Waals surface area contributed by atoms with Crippen LogP contribution in [0.25, 0.3) is 0 Å². The highest BCUT2D eigenvalue weighted by Crippen LogP contribution is 2.31. The Morgan fingerprint density at radius 1 is 0.806 bits per heavy atom. The van der Waals surface area contributed by atoms with Crippen molar-refractivity contribution < 1.29 is 47.6 Å². The van der Waals surface area contributed by atoms with Gasteiger partial charge in [0.05, 0.1) is 0 Å². The maximum Gasteiger partial charge on any atom is 0.303 e. The number of benzene rings is 1. The molecule has 5 atom stereocenters. The first-order valence-corrected chi connectivity index (χ1v) is 10.1. The van der Waals surface area contributed by atoms with Crippen LogP contribution in [0.3, 0.4) is 0 Å². The summed E-state index contributed by atoms with van der Waals surface area (Å²) in [6.07, 6.45) is -6.11. The lowest BCUT2D eigenvalue weighted by atomic mass is 9.98. The smallest absolute Gasteiger partial charge is 0.303 e. The van der Waals surface area contributed by atoms with Gasteiger partial charge in [-0.05, 0) is 24.3 Å². The minimum absolute atomic E-state index is 0.321. The van der Waals surface area contributed by atoms with E-state index in [-0.39, 0.29) is 6.61 Å². The summed E-state index contributed by atoms with van der Waals surface area (Å²) in [5.41, 5.74) is 0. The van der Waals surface area contributed by atoms with Gasteiger partial charge in [-0.3, -0.25) is 19.2 Å². The highest BCUT2D eigenvalue weighted by atomic mass is 79.9. The number of ether oxygens (including phenoxy) is 6. The summed E-state index contributed by atoms with van der Waals surface area (Å²) in [6, 6.07) is 6.72. The van der Waals surface area contributed by atoms with Crippen molar-refractivity contribution in [3.05, 3.63) is 28.7 Å². The molecule has 1 heterocycles. The van der Waals surface area contributed by atoms with E-state index in [2.05, 4.69) is 15.9 Å². The van der Waals surface area contributed by atoms with Gasteiger partial charge in [-0.2, -0.15) is 0 Å². The molecule has 11 heteroatoms. The van der Waals surface area contributed by atoms with E-state index in [0.29, 0.717) is 5.75 Å². The number of esters is 4. The molecule has 31 heavy (non-hydrogen) atoms. The lowest BCUT2D eigenvalue weighted by Gasteiger charge is -2.43. The molecule has 1 aromatic carbocycles. The van der Waals surface area contributed by atoms with Gasteiger partial charge >= 0.3 is 23.9 Å². The Morgan fingerprint density at radius 2 is 1.32 bits per heavy atom. The second kappa shape index (κ2) is 11.1. The maximum absolute atomic E-state index is 11.8. The molecule has 0 spiro atoms. The largest absolute Gasteiger partial charge is 0.463 e. The van der Waals surface area contributed by atoms with Gasteiger partial charge in [-0.15, -0.1) is 0 Å². The van der Waals surface area contributed by atoms with Crippen molar-refractivity contribution in [3.63, 3.8) is 0 Å². The van der Waals surface area contributed by atoms with Gasteiger partial charge in [0.1, 0.15) is 18.5 Å². The quantitative estimate of drug-likeness (QED) is 0.403. The van der Waals surface area contributed by atoms with E-state index in [1.165, 1.54) is 6.92 Å². The predicted octanol–water partition coefficient (Wildman–Crippen LogP) is 1.91. The zero-order chi connectivity index (χ0) is 23.1. The van der Waals surface area contributed by atoms with Crippen LogP contribution in [0.1, 0.15) is 27.7 Å². The van der Waals surface area contributed by atoms with Gasteiger partial charge in [0.25, 0.3) is 0 Å². The molecule has 0 saturated carbocycles. The second-order valence-electron chi connectivity index (χ2n) is 6.64. The molecule has 1 aromatic rings. The maximum atomic E-state index is 11.8. The zero-order valence-corrected chi connectivity index (χ0v) is 18.9. The van der Waals surface area contributed by atoms with Crippen LogP contribution in [0, 0.1) is 0 Å². The molecule has 1 aliphatic heterocycles. The normalized spacial score (nSPS) is 25.1. The topological polar surface area (TPSA) is 124 Å². The van der Waals surface area contributed by atoms with E-state index in [0.717, 1.165) is 25.2 Å². The molecule has 2 rings (SSSR count). The van der Waals surface area contributed by atoms with Crippen LogP contribution in [0.4, 0.5) is 0 Å². The third-order valence-corrected chi connectivity index (χ3v) is 4.54. The molecular weight excluding hydrogens is 480 g/mol. The monoisotopic (exact) mass is 502 g/mol. The van der Waals surface area contributed by atoms with Crippen LogP contribution >= 0.6 is 15.9 Å². The Balaban J connectivity index is 2.43. The molecule has 10 nitrogen and oxygen atoms in total. The van der Waals surface area contributed by atoms with Crippen molar-refractivity contribution in [2.24, 2.45) is 0 Å². The van der Waals surface area contributed by atoms with Crippen molar-refractivity contribution in [1.82, 2.24) is 0 Å². The van der Waals surface area contributed by atoms with Gasteiger partial charge in [0.2, 0.25) is 12.4 Å². The lowest BCUT2D eigenvalue weighted by molar-refractivity contribution is -0.288. The summed E-state index contributed by atoms with van der Waals surface area (Å²) in [6.45, 7) is 4.34. The van der Waals surface area contributed by atoms with Crippen molar-refractivity contribution in [3.8, 4) is 5.75 Å². The lowest BCUT2D eigenvalue weighted by Crippen LogP contribution is -2.63. The fourth-order valence-electron chi connectivity index (χ4n) is 2.93. The Kier molecular flexibility index (Phi) is 8.81. The van der Waals surface area contributed by atoms with Crippen LogP contribution in [-0.2, 0) is 42.9 Å². The molecular formula is C20H23BrO10. The number of rotatable bonds is 7. The van der Waals surface area contributed by atoms with Gasteiger partial charge < -0.3 is 28.4 Å². The van der Waals surface area contributed by atoms with Crippen molar-refractivity contribution >= 4 is 39.8 Å². The first-order valence-electron chi connectivity index (χ1n) is 9.29. The van der Waals surface area contributed by atoms with Gasteiger partial charge in [-0.25, -0.2) is 0 Å². The Hall–Kier alpha value is -2.66. The van der Waals surface area contributed by atoms with Crippen LogP contribution in [0.5, 0.6) is 5.75 Å². The van der Waals surface area contributed by atoms with Gasteiger partial charge in [-0.1, -0.05) is 15.9 Å². The number of hydrogen-bond donors (Lipinski definition) is 0. The summed E-state index contributed by atoms with van der Waals surface area (Å²) in [5, 5.41) is 0. The summed E-state index contributed by atoms with van der Waals surface area (Å²) in [5.74, 6) is -2.34. The molecule has 0 aliphatic carbocycles. The Labute approximate surface area is 187 Å². The fourth-order valence-corrected chi connectivity index (χ4v) is 3.20. The fraction of sp³-hybridized carbons (Fsp3) is 0.500. The van der Waals surface area contributed by atoms with Crippen LogP contribution < -0.4 is 4.74 Å². The van der Waals surface area contributed by atoms with E-state index in [1.54, 1.807) is 24.3 Å². The minimum Gasteiger partial charge on any atom is -0.463 e. The Bertz CT molecular complexity index is 809. The molecule has 170 valence electrons. The third kappa shape index (κ3) is 7.51. The third-order valence-electron chi connectivity index (χ3n) is 4.01. The number of carbonyl (C=O) groups is 4. The van der Waals surface area contributed by atoms with E-state index >= 15 is 0 Å². The van der Waals surface area contributed by atoms with E-state index in [9.17, 15) is 19.2 Å². The van der Waals surface area contributed by atoms with E-state index in [4.69, 9.17) is 28.4 Å². The SMILES string of the molecule is CC(=O)OC[C@@H]1O[C@@H](Oc2ccc(Br)cc2)[C@H](OC(C)=O)[C@@H](OC(C)=O)[C@@H]1OC(C)=O. The molecule has 0 aromatic heterocycles. The molecule has 0 unspecified atom stereocenters. The first kappa shape index (κ1) is 24.6.